The Morgan fingerprint density at radius 2 is 2.20 bits per heavy atom. The SMILES string of the molecule is C=C[C@H]1C(=O)N(C(C)(C)C)C[C@H]1CCO. The molecular weight excluding hydrogens is 190 g/mol. The van der Waals surface area contributed by atoms with Crippen molar-refractivity contribution in [1.82, 2.24) is 4.90 Å². The van der Waals surface area contributed by atoms with E-state index in [4.69, 9.17) is 5.11 Å². The molecule has 1 N–H and O–H groups in total. The predicted octanol–water partition coefficient (Wildman–Crippen LogP) is 1.43. The lowest BCUT2D eigenvalue weighted by atomic mass is 9.93. The molecule has 1 saturated heterocycles. The van der Waals surface area contributed by atoms with Crippen LogP contribution in [0.1, 0.15) is 27.2 Å². The second kappa shape index (κ2) is 4.35. The van der Waals surface area contributed by atoms with Crippen LogP contribution in [0.2, 0.25) is 0 Å². The largest absolute Gasteiger partial charge is 0.396 e. The zero-order valence-corrected chi connectivity index (χ0v) is 9.86. The number of rotatable bonds is 3. The van der Waals surface area contributed by atoms with E-state index in [2.05, 4.69) is 6.58 Å². The van der Waals surface area contributed by atoms with Gasteiger partial charge in [0.2, 0.25) is 5.91 Å². The Balaban J connectivity index is 2.82. The van der Waals surface area contributed by atoms with Crippen molar-refractivity contribution in [1.29, 1.82) is 0 Å². The topological polar surface area (TPSA) is 40.5 Å². The first-order valence-electron chi connectivity index (χ1n) is 5.46. The van der Waals surface area contributed by atoms with Crippen LogP contribution in [0.5, 0.6) is 0 Å². The minimum Gasteiger partial charge on any atom is -0.396 e. The molecule has 1 aliphatic heterocycles. The van der Waals surface area contributed by atoms with E-state index in [1.54, 1.807) is 6.08 Å². The van der Waals surface area contributed by atoms with E-state index >= 15 is 0 Å². The maximum Gasteiger partial charge on any atom is 0.230 e. The third kappa shape index (κ3) is 2.40. The molecule has 2 atom stereocenters. The summed E-state index contributed by atoms with van der Waals surface area (Å²) in [5.74, 6) is 0.256. The van der Waals surface area contributed by atoms with Gasteiger partial charge in [0.15, 0.2) is 0 Å². The van der Waals surface area contributed by atoms with E-state index in [1.807, 2.05) is 25.7 Å². The first-order chi connectivity index (χ1) is 6.91. The van der Waals surface area contributed by atoms with Crippen molar-refractivity contribution in [2.45, 2.75) is 32.7 Å². The molecular formula is C12H21NO2. The molecule has 0 aromatic carbocycles. The van der Waals surface area contributed by atoms with Gasteiger partial charge >= 0.3 is 0 Å². The molecule has 3 nitrogen and oxygen atoms in total. The molecule has 1 fully saturated rings. The van der Waals surface area contributed by atoms with E-state index in [9.17, 15) is 4.79 Å². The summed E-state index contributed by atoms with van der Waals surface area (Å²) in [6.07, 6.45) is 2.39. The van der Waals surface area contributed by atoms with Crippen LogP contribution in [-0.4, -0.2) is 34.6 Å². The number of amides is 1. The van der Waals surface area contributed by atoms with Crippen LogP contribution < -0.4 is 0 Å². The van der Waals surface area contributed by atoms with Crippen molar-refractivity contribution in [3.63, 3.8) is 0 Å². The number of likely N-dealkylation sites (tertiary alicyclic amines) is 1. The van der Waals surface area contributed by atoms with Gasteiger partial charge in [0.1, 0.15) is 0 Å². The fourth-order valence-corrected chi connectivity index (χ4v) is 2.15. The van der Waals surface area contributed by atoms with Crippen LogP contribution in [0, 0.1) is 11.8 Å². The van der Waals surface area contributed by atoms with Gasteiger partial charge in [-0.05, 0) is 33.1 Å². The van der Waals surface area contributed by atoms with Gasteiger partial charge in [-0.25, -0.2) is 0 Å². The van der Waals surface area contributed by atoms with Gasteiger partial charge in [-0.2, -0.15) is 0 Å². The lowest BCUT2D eigenvalue weighted by molar-refractivity contribution is -0.133. The molecule has 3 heteroatoms. The lowest BCUT2D eigenvalue weighted by Crippen LogP contribution is -2.43. The molecule has 0 spiro atoms. The molecule has 0 aromatic heterocycles. The molecule has 1 rings (SSSR count). The van der Waals surface area contributed by atoms with Gasteiger partial charge in [0.05, 0.1) is 5.92 Å². The average molecular weight is 211 g/mol. The number of aliphatic hydroxyl groups is 1. The number of carbonyl (C=O) groups is 1. The summed E-state index contributed by atoms with van der Waals surface area (Å²) >= 11 is 0. The van der Waals surface area contributed by atoms with E-state index in [1.165, 1.54) is 0 Å². The molecule has 0 unspecified atom stereocenters. The molecule has 86 valence electrons. The molecule has 0 saturated carbocycles. The lowest BCUT2D eigenvalue weighted by Gasteiger charge is -2.32. The Labute approximate surface area is 91.8 Å². The highest BCUT2D eigenvalue weighted by molar-refractivity contribution is 5.83. The van der Waals surface area contributed by atoms with Crippen LogP contribution in [0.4, 0.5) is 0 Å². The van der Waals surface area contributed by atoms with Crippen molar-refractivity contribution in [2.24, 2.45) is 11.8 Å². The van der Waals surface area contributed by atoms with Crippen molar-refractivity contribution in [3.05, 3.63) is 12.7 Å². The summed E-state index contributed by atoms with van der Waals surface area (Å²) in [6.45, 7) is 10.7. The van der Waals surface area contributed by atoms with Crippen LogP contribution in [0.3, 0.4) is 0 Å². The van der Waals surface area contributed by atoms with Crippen molar-refractivity contribution in [3.8, 4) is 0 Å². The number of aliphatic hydroxyl groups excluding tert-OH is 1. The van der Waals surface area contributed by atoms with E-state index in [0.717, 1.165) is 6.54 Å². The van der Waals surface area contributed by atoms with Gasteiger partial charge in [-0.3, -0.25) is 4.79 Å². The molecule has 1 amide bonds. The van der Waals surface area contributed by atoms with Crippen molar-refractivity contribution in [2.75, 3.05) is 13.2 Å². The molecule has 15 heavy (non-hydrogen) atoms. The van der Waals surface area contributed by atoms with Crippen LogP contribution in [0.15, 0.2) is 12.7 Å². The second-order valence-electron chi connectivity index (χ2n) is 5.15. The maximum atomic E-state index is 12.0. The minimum absolute atomic E-state index is 0.114. The van der Waals surface area contributed by atoms with Crippen molar-refractivity contribution >= 4 is 5.91 Å². The minimum atomic E-state index is -0.136. The zero-order valence-electron chi connectivity index (χ0n) is 9.86. The van der Waals surface area contributed by atoms with Gasteiger partial charge in [-0.15, -0.1) is 6.58 Å². The van der Waals surface area contributed by atoms with Crippen LogP contribution in [0.25, 0.3) is 0 Å². The number of carbonyl (C=O) groups excluding carboxylic acids is 1. The zero-order chi connectivity index (χ0) is 11.6. The van der Waals surface area contributed by atoms with Crippen molar-refractivity contribution < 1.29 is 9.90 Å². The first kappa shape index (κ1) is 12.2. The molecule has 1 heterocycles. The first-order valence-corrected chi connectivity index (χ1v) is 5.46. The maximum absolute atomic E-state index is 12.0. The number of hydrogen-bond acceptors (Lipinski definition) is 2. The fraction of sp³-hybridized carbons (Fsp3) is 0.750. The van der Waals surface area contributed by atoms with Gasteiger partial charge < -0.3 is 10.0 Å². The van der Waals surface area contributed by atoms with E-state index < -0.39 is 0 Å². The quantitative estimate of drug-likeness (QED) is 0.717. The molecule has 1 aliphatic rings. The normalized spacial score (nSPS) is 27.2. The summed E-state index contributed by atoms with van der Waals surface area (Å²) in [4.78, 5) is 13.9. The molecule has 0 aliphatic carbocycles. The monoisotopic (exact) mass is 211 g/mol. The molecule has 0 radical (unpaired) electrons. The van der Waals surface area contributed by atoms with Gasteiger partial charge in [-0.1, -0.05) is 6.08 Å². The number of hydrogen-bond donors (Lipinski definition) is 1. The standard InChI is InChI=1S/C12H21NO2/c1-5-10-9(6-7-14)8-13(11(10)15)12(2,3)4/h5,9-10,14H,1,6-8H2,2-4H3/t9-,10-/m1/s1. The number of nitrogens with zero attached hydrogens (tertiary/aromatic N) is 1. The molecule has 0 aromatic rings. The van der Waals surface area contributed by atoms with Crippen LogP contribution in [-0.2, 0) is 4.79 Å². The highest BCUT2D eigenvalue weighted by atomic mass is 16.3. The Morgan fingerprint density at radius 3 is 2.60 bits per heavy atom. The van der Waals surface area contributed by atoms with Crippen LogP contribution >= 0.6 is 0 Å². The second-order valence-corrected chi connectivity index (χ2v) is 5.15. The smallest absolute Gasteiger partial charge is 0.230 e. The van der Waals surface area contributed by atoms with Gasteiger partial charge in [0.25, 0.3) is 0 Å². The third-order valence-corrected chi connectivity index (χ3v) is 3.04. The third-order valence-electron chi connectivity index (χ3n) is 3.04. The summed E-state index contributed by atoms with van der Waals surface area (Å²) < 4.78 is 0. The summed E-state index contributed by atoms with van der Waals surface area (Å²) in [7, 11) is 0. The van der Waals surface area contributed by atoms with E-state index in [-0.39, 0.29) is 29.9 Å². The Hall–Kier alpha value is -0.830. The predicted molar refractivity (Wildman–Crippen MR) is 60.3 cm³/mol. The summed E-state index contributed by atoms with van der Waals surface area (Å²) in [6, 6.07) is 0. The summed E-state index contributed by atoms with van der Waals surface area (Å²) in [5, 5.41) is 8.95. The van der Waals surface area contributed by atoms with Gasteiger partial charge in [0, 0.05) is 18.7 Å². The Bertz CT molecular complexity index is 255. The summed E-state index contributed by atoms with van der Waals surface area (Å²) in [5.41, 5.74) is -0.136. The molecule has 0 bridgehead atoms. The van der Waals surface area contributed by atoms with E-state index in [0.29, 0.717) is 6.42 Å². The fourth-order valence-electron chi connectivity index (χ4n) is 2.15. The average Bonchev–Trinajstić information content (AvgIpc) is 2.42. The Kier molecular flexibility index (Phi) is 3.55. The Morgan fingerprint density at radius 1 is 1.60 bits per heavy atom. The highest BCUT2D eigenvalue weighted by Crippen LogP contribution is 2.32. The highest BCUT2D eigenvalue weighted by Gasteiger charge is 2.42.